The average Bonchev–Trinajstić information content (AvgIpc) is 2.54. The normalized spacial score (nSPS) is 12.0. The summed E-state index contributed by atoms with van der Waals surface area (Å²) in [6, 6.07) is 13.6. The van der Waals surface area contributed by atoms with E-state index in [2.05, 4.69) is 26.3 Å². The second-order valence-corrected chi connectivity index (χ2v) is 7.82. The van der Waals surface area contributed by atoms with E-state index < -0.39 is 10.0 Å². The number of primary sulfonamides is 1. The van der Waals surface area contributed by atoms with Crippen molar-refractivity contribution < 1.29 is 13.2 Å². The molecule has 0 fully saturated rings. The van der Waals surface area contributed by atoms with Gasteiger partial charge in [0.25, 0.3) is 0 Å². The number of hydrogen-bond acceptors (Lipinski definition) is 4. The van der Waals surface area contributed by atoms with Gasteiger partial charge in [0.15, 0.2) is 0 Å². The molecule has 0 spiro atoms. The molecule has 0 unspecified atom stereocenters. The summed E-state index contributed by atoms with van der Waals surface area (Å²) in [5.41, 5.74) is 2.50. The van der Waals surface area contributed by atoms with Crippen molar-refractivity contribution in [2.45, 2.75) is 18.2 Å². The molecule has 0 bridgehead atoms. The number of aliphatic imine (C=N–C) groups is 1. The molecule has 0 aliphatic heterocycles. The number of benzene rings is 2. The van der Waals surface area contributed by atoms with Gasteiger partial charge >= 0.3 is 155 Å². The predicted molar refractivity (Wildman–Crippen MR) is 98.2 cm³/mol. The maximum absolute atomic E-state index is 12.1. The number of amidine groups is 1. The number of amides is 1. The molecular formula is C17H18N3O3SSe. The van der Waals surface area contributed by atoms with Crippen LogP contribution >= 0.6 is 0 Å². The summed E-state index contributed by atoms with van der Waals surface area (Å²) in [6.07, 6.45) is 0.608. The Morgan fingerprint density at radius 1 is 1.20 bits per heavy atom. The Bertz CT molecular complexity index is 894. The molecule has 3 N–H and O–H groups in total. The number of sulfonamides is 1. The fourth-order valence-corrected chi connectivity index (χ4v) is 3.03. The number of rotatable bonds is 5. The van der Waals surface area contributed by atoms with E-state index >= 15 is 0 Å². The monoisotopic (exact) mass is 424 g/mol. The van der Waals surface area contributed by atoms with Gasteiger partial charge in [-0.3, -0.25) is 0 Å². The number of carbonyl (C=O) groups excluding carboxylic acids is 1. The number of nitrogens with one attached hydrogen (secondary N) is 1. The van der Waals surface area contributed by atoms with Crippen LogP contribution in [0.1, 0.15) is 21.5 Å². The summed E-state index contributed by atoms with van der Waals surface area (Å²) in [7, 11) is -3.68. The molecule has 2 aromatic rings. The Kier molecular flexibility index (Phi) is 6.50. The third kappa shape index (κ3) is 6.10. The van der Waals surface area contributed by atoms with Gasteiger partial charge in [0.05, 0.1) is 0 Å². The third-order valence-corrected chi connectivity index (χ3v) is 4.82. The molecule has 0 heterocycles. The van der Waals surface area contributed by atoms with Crippen molar-refractivity contribution in [3.63, 3.8) is 0 Å². The van der Waals surface area contributed by atoms with Gasteiger partial charge in [-0.05, 0) is 0 Å². The summed E-state index contributed by atoms with van der Waals surface area (Å²) < 4.78 is 22.8. The second-order valence-electron chi connectivity index (χ2n) is 5.45. The van der Waals surface area contributed by atoms with Crippen molar-refractivity contribution in [1.82, 2.24) is 5.32 Å². The van der Waals surface area contributed by atoms with Crippen LogP contribution < -0.4 is 10.5 Å². The van der Waals surface area contributed by atoms with E-state index in [1.165, 1.54) is 12.1 Å². The average molecular weight is 423 g/mol. The second kappa shape index (κ2) is 8.40. The molecule has 2 rings (SSSR count). The predicted octanol–water partition coefficient (Wildman–Crippen LogP) is 1.14. The molecule has 8 heteroatoms. The van der Waals surface area contributed by atoms with Crippen LogP contribution in [0.5, 0.6) is 0 Å². The Morgan fingerprint density at radius 3 is 2.48 bits per heavy atom. The van der Waals surface area contributed by atoms with Crippen molar-refractivity contribution in [2.75, 3.05) is 6.54 Å². The van der Waals surface area contributed by atoms with E-state index in [-0.39, 0.29) is 10.8 Å². The molecule has 2 aromatic carbocycles. The van der Waals surface area contributed by atoms with Crippen molar-refractivity contribution in [1.29, 1.82) is 0 Å². The van der Waals surface area contributed by atoms with Crippen molar-refractivity contribution in [2.24, 2.45) is 10.1 Å². The minimum absolute atomic E-state index is 0.0784. The summed E-state index contributed by atoms with van der Waals surface area (Å²) in [4.78, 5) is 16.4. The first kappa shape index (κ1) is 19.3. The molecule has 131 valence electrons. The van der Waals surface area contributed by atoms with E-state index in [4.69, 9.17) is 5.14 Å². The quantitative estimate of drug-likeness (QED) is 0.428. The molecule has 0 atom stereocenters. The molecule has 0 saturated heterocycles. The first-order chi connectivity index (χ1) is 11.8. The third-order valence-electron chi connectivity index (χ3n) is 3.41. The summed E-state index contributed by atoms with van der Waals surface area (Å²) in [5.74, 6) is -0.223. The molecule has 6 nitrogen and oxygen atoms in total. The maximum atomic E-state index is 12.1. The zero-order valence-electron chi connectivity index (χ0n) is 13.6. The number of aryl methyl sites for hydroxylation is 1. The zero-order chi connectivity index (χ0) is 18.4. The van der Waals surface area contributed by atoms with Gasteiger partial charge in [-0.2, -0.15) is 0 Å². The molecule has 0 aliphatic rings. The van der Waals surface area contributed by atoms with Crippen molar-refractivity contribution in [3.05, 3.63) is 65.2 Å². The van der Waals surface area contributed by atoms with E-state index in [0.29, 0.717) is 23.3 Å². The van der Waals surface area contributed by atoms with Crippen LogP contribution in [0.25, 0.3) is 0 Å². The first-order valence-corrected chi connectivity index (χ1v) is 9.87. The van der Waals surface area contributed by atoms with E-state index in [0.717, 1.165) is 11.1 Å². The van der Waals surface area contributed by atoms with Crippen LogP contribution in [0.4, 0.5) is 0 Å². The van der Waals surface area contributed by atoms with Crippen molar-refractivity contribution in [3.8, 4) is 0 Å². The summed E-state index contributed by atoms with van der Waals surface area (Å²) in [5, 5.41) is 7.75. The van der Waals surface area contributed by atoms with Crippen LogP contribution in [0.15, 0.2) is 58.4 Å². The number of hydrogen-bond donors (Lipinski definition) is 2. The molecular weight excluding hydrogens is 405 g/mol. The van der Waals surface area contributed by atoms with Gasteiger partial charge in [0.1, 0.15) is 0 Å². The molecule has 25 heavy (non-hydrogen) atoms. The van der Waals surface area contributed by atoms with Gasteiger partial charge in [0.2, 0.25) is 0 Å². The van der Waals surface area contributed by atoms with Crippen LogP contribution in [-0.2, 0) is 16.4 Å². The SMILES string of the molecule is Cc1cccc(C(=O)NC([Se])=NCCc2ccc(S(N)(=O)=O)cc2)c1. The van der Waals surface area contributed by atoms with E-state index in [9.17, 15) is 13.2 Å². The Hall–Kier alpha value is -1.99. The van der Waals surface area contributed by atoms with Crippen LogP contribution in [-0.4, -0.2) is 41.6 Å². The molecule has 1 radical (unpaired) electrons. The van der Waals surface area contributed by atoms with E-state index in [1.54, 1.807) is 24.3 Å². The number of carbonyl (C=O) groups is 1. The van der Waals surface area contributed by atoms with Crippen LogP contribution in [0.2, 0.25) is 0 Å². The zero-order valence-corrected chi connectivity index (χ0v) is 16.1. The van der Waals surface area contributed by atoms with E-state index in [1.807, 2.05) is 19.1 Å². The number of nitrogens with zero attached hydrogens (tertiary/aromatic N) is 1. The molecule has 0 aromatic heterocycles. The fourth-order valence-electron chi connectivity index (χ4n) is 2.13. The Labute approximate surface area is 155 Å². The molecule has 1 amide bonds. The van der Waals surface area contributed by atoms with Gasteiger partial charge in [-0.25, -0.2) is 0 Å². The number of nitrogens with two attached hydrogens (primary N) is 1. The Morgan fingerprint density at radius 2 is 1.88 bits per heavy atom. The van der Waals surface area contributed by atoms with Crippen LogP contribution in [0.3, 0.4) is 0 Å². The summed E-state index contributed by atoms with van der Waals surface area (Å²) >= 11 is 2.73. The minimum atomic E-state index is -3.68. The van der Waals surface area contributed by atoms with Crippen LogP contribution in [0, 0.1) is 6.92 Å². The van der Waals surface area contributed by atoms with Gasteiger partial charge in [-0.15, -0.1) is 0 Å². The standard InChI is InChI=1S/C17H18N3O3SSe/c1-12-3-2-4-14(11-12)16(21)20-17(25)19-10-9-13-5-7-15(8-6-13)24(18,22)23/h2-8,11H,9-10H2,1H3,(H2,18,22,23)(H,19,20,21). The van der Waals surface area contributed by atoms with Gasteiger partial charge in [0, 0.05) is 0 Å². The molecule has 0 saturated carbocycles. The van der Waals surface area contributed by atoms with Gasteiger partial charge in [-0.1, -0.05) is 0 Å². The van der Waals surface area contributed by atoms with Crippen molar-refractivity contribution >= 4 is 36.7 Å². The first-order valence-electron chi connectivity index (χ1n) is 7.47. The van der Waals surface area contributed by atoms with Gasteiger partial charge < -0.3 is 0 Å². The summed E-state index contributed by atoms with van der Waals surface area (Å²) in [6.45, 7) is 2.37. The Balaban J connectivity index is 1.90. The fraction of sp³-hybridized carbons (Fsp3) is 0.176. The molecule has 0 aliphatic carbocycles. The topological polar surface area (TPSA) is 102 Å².